The Kier molecular flexibility index (Phi) is 11.6. The van der Waals surface area contributed by atoms with E-state index in [2.05, 4.69) is 5.32 Å². The Hall–Kier alpha value is -4.05. The molecule has 0 aliphatic rings. The second-order valence-electron chi connectivity index (χ2n) is 9.40. The summed E-state index contributed by atoms with van der Waals surface area (Å²) in [7, 11) is -1.33. The molecular weight excluding hydrogens is 542 g/mol. The molecule has 3 rings (SSSR count). The summed E-state index contributed by atoms with van der Waals surface area (Å²) in [5, 5.41) is 2.89. The molecular formula is C31H39N3O6S. The Balaban J connectivity index is 2.07. The molecule has 0 bridgehead atoms. The lowest BCUT2D eigenvalue weighted by Gasteiger charge is -2.33. The largest absolute Gasteiger partial charge is 0.497 e. The van der Waals surface area contributed by atoms with Crippen LogP contribution in [0.2, 0.25) is 0 Å². The van der Waals surface area contributed by atoms with Crippen molar-refractivity contribution in [1.82, 2.24) is 10.2 Å². The number of rotatable bonds is 15. The number of sulfonamides is 1. The van der Waals surface area contributed by atoms with Gasteiger partial charge in [-0.1, -0.05) is 62.4 Å². The highest BCUT2D eigenvalue weighted by Gasteiger charge is 2.34. The molecule has 10 heteroatoms. The average molecular weight is 582 g/mol. The van der Waals surface area contributed by atoms with Gasteiger partial charge in [-0.25, -0.2) is 8.42 Å². The number of methoxy groups -OCH3 is 2. The van der Waals surface area contributed by atoms with Gasteiger partial charge in [-0.3, -0.25) is 13.9 Å². The maximum Gasteiger partial charge on any atom is 0.264 e. The summed E-state index contributed by atoms with van der Waals surface area (Å²) in [6.07, 6.45) is 1.61. The van der Waals surface area contributed by atoms with Crippen molar-refractivity contribution in [3.05, 3.63) is 84.4 Å². The maximum atomic E-state index is 14.1. The van der Waals surface area contributed by atoms with Gasteiger partial charge < -0.3 is 19.7 Å². The summed E-state index contributed by atoms with van der Waals surface area (Å²) in [6, 6.07) is 21.5. The third-order valence-corrected chi connectivity index (χ3v) is 8.46. The number of amides is 2. The summed E-state index contributed by atoms with van der Waals surface area (Å²) < 4.78 is 40.0. The van der Waals surface area contributed by atoms with Crippen molar-refractivity contribution in [2.45, 2.75) is 44.0 Å². The first kappa shape index (κ1) is 31.5. The monoisotopic (exact) mass is 581 g/mol. The molecule has 9 nitrogen and oxygen atoms in total. The molecule has 1 N–H and O–H groups in total. The SMILES string of the molecule is CCCNC(=O)[C@@H](CC)N(CCc1ccccc1)C(=O)CN(c1cc(OC)ccc1OC)S(=O)(=O)c1ccccc1. The molecule has 0 aromatic heterocycles. The van der Waals surface area contributed by atoms with E-state index in [-0.39, 0.29) is 28.8 Å². The van der Waals surface area contributed by atoms with Crippen molar-refractivity contribution >= 4 is 27.5 Å². The first-order valence-corrected chi connectivity index (χ1v) is 15.1. The van der Waals surface area contributed by atoms with Crippen molar-refractivity contribution in [2.24, 2.45) is 0 Å². The van der Waals surface area contributed by atoms with Crippen LogP contribution in [0.3, 0.4) is 0 Å². The lowest BCUT2D eigenvalue weighted by molar-refractivity contribution is -0.139. The zero-order chi connectivity index (χ0) is 29.8. The molecule has 0 saturated heterocycles. The highest BCUT2D eigenvalue weighted by Crippen LogP contribution is 2.35. The standard InChI is InChI=1S/C31H39N3O6S/c1-5-20-32-31(36)27(6-2)33(21-19-24-13-9-7-10-14-24)30(35)23-34(41(37,38)26-15-11-8-12-16-26)28-22-25(39-3)17-18-29(28)40-4/h7-18,22,27H,5-6,19-21,23H2,1-4H3,(H,32,36)/t27-/m1/s1. The van der Waals surface area contributed by atoms with Crippen LogP contribution < -0.4 is 19.1 Å². The van der Waals surface area contributed by atoms with Crippen molar-refractivity contribution in [3.8, 4) is 11.5 Å². The van der Waals surface area contributed by atoms with Crippen LogP contribution in [0.25, 0.3) is 0 Å². The Morgan fingerprint density at radius 3 is 2.15 bits per heavy atom. The molecule has 0 spiro atoms. The minimum absolute atomic E-state index is 0.0150. The molecule has 220 valence electrons. The second kappa shape index (κ2) is 15.1. The van der Waals surface area contributed by atoms with Gasteiger partial charge in [0.15, 0.2) is 0 Å². The van der Waals surface area contributed by atoms with Crippen LogP contribution in [0.4, 0.5) is 5.69 Å². The van der Waals surface area contributed by atoms with Crippen LogP contribution in [0.1, 0.15) is 32.3 Å². The number of nitrogens with zero attached hydrogens (tertiary/aromatic N) is 2. The number of hydrogen-bond acceptors (Lipinski definition) is 6. The summed E-state index contributed by atoms with van der Waals surface area (Å²) in [6.45, 7) is 3.95. The Bertz CT molecular complexity index is 1380. The van der Waals surface area contributed by atoms with Crippen molar-refractivity contribution in [3.63, 3.8) is 0 Å². The molecule has 0 fully saturated rings. The third-order valence-electron chi connectivity index (χ3n) is 6.68. The second-order valence-corrected chi connectivity index (χ2v) is 11.3. The van der Waals surface area contributed by atoms with Gasteiger partial charge in [-0.2, -0.15) is 0 Å². The van der Waals surface area contributed by atoms with Crippen LogP contribution in [0.5, 0.6) is 11.5 Å². The number of hydrogen-bond donors (Lipinski definition) is 1. The predicted octanol–water partition coefficient (Wildman–Crippen LogP) is 4.28. The molecule has 0 aliphatic carbocycles. The molecule has 1 atom stereocenters. The fraction of sp³-hybridized carbons (Fsp3) is 0.355. The van der Waals surface area contributed by atoms with E-state index in [0.717, 1.165) is 16.3 Å². The number of carbonyl (C=O) groups is 2. The van der Waals surface area contributed by atoms with Gasteiger partial charge in [0.25, 0.3) is 10.0 Å². The predicted molar refractivity (Wildman–Crippen MR) is 160 cm³/mol. The molecule has 41 heavy (non-hydrogen) atoms. The average Bonchev–Trinajstić information content (AvgIpc) is 3.01. The Morgan fingerprint density at radius 1 is 0.902 bits per heavy atom. The molecule has 0 aliphatic heterocycles. The highest BCUT2D eigenvalue weighted by molar-refractivity contribution is 7.92. The fourth-order valence-corrected chi connectivity index (χ4v) is 5.92. The molecule has 0 saturated carbocycles. The zero-order valence-electron chi connectivity index (χ0n) is 24.1. The van der Waals surface area contributed by atoms with Gasteiger partial charge in [0.05, 0.1) is 24.8 Å². The van der Waals surface area contributed by atoms with Gasteiger partial charge in [0, 0.05) is 19.2 Å². The number of benzene rings is 3. The number of nitrogens with one attached hydrogen (secondary N) is 1. The number of carbonyl (C=O) groups excluding carboxylic acids is 2. The van der Waals surface area contributed by atoms with Gasteiger partial charge >= 0.3 is 0 Å². The lowest BCUT2D eigenvalue weighted by Crippen LogP contribution is -2.53. The van der Waals surface area contributed by atoms with Crippen LogP contribution in [-0.4, -0.2) is 65.0 Å². The highest BCUT2D eigenvalue weighted by atomic mass is 32.2. The van der Waals surface area contributed by atoms with Gasteiger partial charge in [-0.05, 0) is 49.1 Å². The Labute approximate surface area is 243 Å². The van der Waals surface area contributed by atoms with E-state index in [4.69, 9.17) is 9.47 Å². The third kappa shape index (κ3) is 8.00. The maximum absolute atomic E-state index is 14.1. The minimum Gasteiger partial charge on any atom is -0.497 e. The summed E-state index contributed by atoms with van der Waals surface area (Å²) in [4.78, 5) is 28.8. The zero-order valence-corrected chi connectivity index (χ0v) is 24.9. The lowest BCUT2D eigenvalue weighted by atomic mass is 10.1. The van der Waals surface area contributed by atoms with Gasteiger partial charge in [0.1, 0.15) is 24.1 Å². The van der Waals surface area contributed by atoms with Gasteiger partial charge in [0.2, 0.25) is 11.8 Å². The first-order chi connectivity index (χ1) is 19.8. The number of ether oxygens (including phenoxy) is 2. The van der Waals surface area contributed by atoms with Crippen molar-refractivity contribution in [2.75, 3.05) is 38.2 Å². The molecule has 0 radical (unpaired) electrons. The summed E-state index contributed by atoms with van der Waals surface area (Å²) in [5.41, 5.74) is 1.15. The molecule has 0 heterocycles. The van der Waals surface area contributed by atoms with E-state index < -0.39 is 28.5 Å². The Morgan fingerprint density at radius 2 is 1.56 bits per heavy atom. The molecule has 3 aromatic carbocycles. The van der Waals surface area contributed by atoms with E-state index in [1.54, 1.807) is 30.3 Å². The van der Waals surface area contributed by atoms with Gasteiger partial charge in [-0.15, -0.1) is 0 Å². The smallest absolute Gasteiger partial charge is 0.264 e. The molecule has 2 amide bonds. The minimum atomic E-state index is -4.22. The topological polar surface area (TPSA) is 105 Å². The first-order valence-electron chi connectivity index (χ1n) is 13.7. The number of anilines is 1. The summed E-state index contributed by atoms with van der Waals surface area (Å²) in [5.74, 6) is -0.134. The van der Waals surface area contributed by atoms with E-state index in [9.17, 15) is 18.0 Å². The van der Waals surface area contributed by atoms with E-state index in [0.29, 0.717) is 25.1 Å². The van der Waals surface area contributed by atoms with Crippen LogP contribution in [0, 0.1) is 0 Å². The molecule has 3 aromatic rings. The molecule has 0 unspecified atom stereocenters. The quantitative estimate of drug-likeness (QED) is 0.287. The van der Waals surface area contributed by atoms with Crippen molar-refractivity contribution in [1.29, 1.82) is 0 Å². The van der Waals surface area contributed by atoms with Crippen LogP contribution >= 0.6 is 0 Å². The van der Waals surface area contributed by atoms with E-state index in [1.165, 1.54) is 37.3 Å². The normalized spacial score (nSPS) is 11.8. The van der Waals surface area contributed by atoms with Crippen LogP contribution in [0.15, 0.2) is 83.8 Å². The van der Waals surface area contributed by atoms with Crippen LogP contribution in [-0.2, 0) is 26.0 Å². The van der Waals surface area contributed by atoms with E-state index in [1.807, 2.05) is 44.2 Å². The van der Waals surface area contributed by atoms with Crippen molar-refractivity contribution < 1.29 is 27.5 Å². The fourth-order valence-electron chi connectivity index (χ4n) is 4.49. The summed E-state index contributed by atoms with van der Waals surface area (Å²) >= 11 is 0. The van der Waals surface area contributed by atoms with E-state index >= 15 is 0 Å².